The van der Waals surface area contributed by atoms with E-state index in [9.17, 15) is 13.2 Å². The van der Waals surface area contributed by atoms with Crippen molar-refractivity contribution in [3.05, 3.63) is 65.2 Å². The Morgan fingerprint density at radius 1 is 1.09 bits per heavy atom. The van der Waals surface area contributed by atoms with Crippen molar-refractivity contribution in [1.29, 1.82) is 0 Å². The van der Waals surface area contributed by atoms with E-state index in [1.165, 1.54) is 4.90 Å². The molecule has 122 valence electrons. The van der Waals surface area contributed by atoms with E-state index in [0.29, 0.717) is 5.75 Å². The first-order chi connectivity index (χ1) is 10.9. The third kappa shape index (κ3) is 4.05. The topological polar surface area (TPSA) is 12.5 Å². The molecule has 0 spiro atoms. The Bertz CT molecular complexity index is 667. The molecule has 0 N–H and O–H groups in total. The molecule has 0 fully saturated rings. The van der Waals surface area contributed by atoms with Crippen LogP contribution in [-0.2, 0) is 6.54 Å². The Kier molecular flexibility index (Phi) is 4.31. The fraction of sp³-hybridized carbons (Fsp3) is 0.333. The number of fused-ring (bicyclic) bond motifs is 1. The first-order valence-electron chi connectivity index (χ1n) is 7.51. The standard InChI is InChI=1S/C18H18F3NO/c1-13-6-8-14(9-7-13)17-11-22(12-18(19,20)21)10-15-4-2-3-5-16(15)23-17/h2-9,17H,10-12H2,1H3. The molecule has 0 aliphatic carbocycles. The van der Waals surface area contributed by atoms with Gasteiger partial charge in [0.2, 0.25) is 0 Å². The molecular formula is C18H18F3NO. The minimum absolute atomic E-state index is 0.206. The summed E-state index contributed by atoms with van der Waals surface area (Å²) in [6.45, 7) is 1.48. The van der Waals surface area contributed by atoms with E-state index in [-0.39, 0.29) is 13.1 Å². The van der Waals surface area contributed by atoms with Crippen LogP contribution in [0.2, 0.25) is 0 Å². The van der Waals surface area contributed by atoms with Crippen molar-refractivity contribution in [3.63, 3.8) is 0 Å². The largest absolute Gasteiger partial charge is 0.484 e. The lowest BCUT2D eigenvalue weighted by atomic mass is 10.1. The molecule has 3 rings (SSSR count). The number of para-hydroxylation sites is 1. The average molecular weight is 321 g/mol. The van der Waals surface area contributed by atoms with Gasteiger partial charge >= 0.3 is 6.18 Å². The number of hydrogen-bond acceptors (Lipinski definition) is 2. The van der Waals surface area contributed by atoms with Gasteiger partial charge in [0, 0.05) is 18.7 Å². The Hall–Kier alpha value is -2.01. The summed E-state index contributed by atoms with van der Waals surface area (Å²) in [6, 6.07) is 15.0. The molecule has 1 unspecified atom stereocenters. The molecule has 1 heterocycles. The number of hydrogen-bond donors (Lipinski definition) is 0. The lowest BCUT2D eigenvalue weighted by Crippen LogP contribution is -2.36. The molecular weight excluding hydrogens is 303 g/mol. The fourth-order valence-corrected chi connectivity index (χ4v) is 2.81. The van der Waals surface area contributed by atoms with Crippen LogP contribution in [0.25, 0.3) is 0 Å². The highest BCUT2D eigenvalue weighted by molar-refractivity contribution is 5.35. The molecule has 1 atom stereocenters. The molecule has 2 aromatic carbocycles. The number of halogens is 3. The Labute approximate surface area is 133 Å². The number of aryl methyl sites for hydroxylation is 1. The molecule has 23 heavy (non-hydrogen) atoms. The van der Waals surface area contributed by atoms with Crippen molar-refractivity contribution in [2.75, 3.05) is 13.1 Å². The summed E-state index contributed by atoms with van der Waals surface area (Å²) in [6.07, 6.45) is -4.64. The summed E-state index contributed by atoms with van der Waals surface area (Å²) in [4.78, 5) is 1.40. The van der Waals surface area contributed by atoms with E-state index in [1.807, 2.05) is 55.5 Å². The van der Waals surface area contributed by atoms with Crippen LogP contribution >= 0.6 is 0 Å². The van der Waals surface area contributed by atoms with Crippen LogP contribution in [0.3, 0.4) is 0 Å². The second-order valence-electron chi connectivity index (χ2n) is 5.91. The van der Waals surface area contributed by atoms with Crippen molar-refractivity contribution < 1.29 is 17.9 Å². The number of benzene rings is 2. The van der Waals surface area contributed by atoms with E-state index in [1.54, 1.807) is 0 Å². The summed E-state index contributed by atoms with van der Waals surface area (Å²) in [5, 5.41) is 0. The van der Waals surface area contributed by atoms with Crippen LogP contribution in [0, 0.1) is 6.92 Å². The molecule has 1 aliphatic heterocycles. The van der Waals surface area contributed by atoms with Gasteiger partial charge in [-0.2, -0.15) is 13.2 Å². The zero-order valence-corrected chi connectivity index (χ0v) is 12.8. The zero-order chi connectivity index (χ0) is 16.4. The van der Waals surface area contributed by atoms with Gasteiger partial charge in [-0.3, -0.25) is 4.90 Å². The molecule has 0 bridgehead atoms. The van der Waals surface area contributed by atoms with Gasteiger partial charge in [0.15, 0.2) is 0 Å². The Morgan fingerprint density at radius 2 is 1.78 bits per heavy atom. The molecule has 1 aliphatic rings. The second-order valence-corrected chi connectivity index (χ2v) is 5.91. The zero-order valence-electron chi connectivity index (χ0n) is 12.8. The van der Waals surface area contributed by atoms with Gasteiger partial charge in [0.1, 0.15) is 11.9 Å². The van der Waals surface area contributed by atoms with E-state index in [2.05, 4.69) is 0 Å². The van der Waals surface area contributed by atoms with Crippen LogP contribution in [0.4, 0.5) is 13.2 Å². The van der Waals surface area contributed by atoms with E-state index in [0.717, 1.165) is 16.7 Å². The molecule has 0 saturated carbocycles. The molecule has 5 heteroatoms. The van der Waals surface area contributed by atoms with Gasteiger partial charge in [0.25, 0.3) is 0 Å². The molecule has 2 aromatic rings. The highest BCUT2D eigenvalue weighted by atomic mass is 19.4. The molecule has 0 radical (unpaired) electrons. The summed E-state index contributed by atoms with van der Waals surface area (Å²) >= 11 is 0. The quantitative estimate of drug-likeness (QED) is 0.808. The molecule has 2 nitrogen and oxygen atoms in total. The number of nitrogens with zero attached hydrogens (tertiary/aromatic N) is 1. The average Bonchev–Trinajstić information content (AvgIpc) is 2.65. The predicted molar refractivity (Wildman–Crippen MR) is 82.3 cm³/mol. The van der Waals surface area contributed by atoms with Gasteiger partial charge in [-0.15, -0.1) is 0 Å². The maximum Gasteiger partial charge on any atom is 0.401 e. The smallest absolute Gasteiger partial charge is 0.401 e. The van der Waals surface area contributed by atoms with E-state index in [4.69, 9.17) is 4.74 Å². The highest BCUT2D eigenvalue weighted by Gasteiger charge is 2.34. The maximum absolute atomic E-state index is 12.8. The van der Waals surface area contributed by atoms with Gasteiger partial charge in [-0.05, 0) is 18.6 Å². The Balaban J connectivity index is 1.92. The summed E-state index contributed by atoms with van der Waals surface area (Å²) in [7, 11) is 0. The van der Waals surface area contributed by atoms with Gasteiger partial charge in [-0.25, -0.2) is 0 Å². The molecule has 0 amide bonds. The highest BCUT2D eigenvalue weighted by Crippen LogP contribution is 2.32. The molecule has 0 saturated heterocycles. The summed E-state index contributed by atoms with van der Waals surface area (Å²) < 4.78 is 44.6. The first-order valence-corrected chi connectivity index (χ1v) is 7.51. The van der Waals surface area contributed by atoms with Crippen LogP contribution in [0.15, 0.2) is 48.5 Å². The first kappa shape index (κ1) is 15.9. The van der Waals surface area contributed by atoms with Crippen LogP contribution in [-0.4, -0.2) is 24.2 Å². The van der Waals surface area contributed by atoms with Crippen molar-refractivity contribution in [2.24, 2.45) is 0 Å². The molecule has 0 aromatic heterocycles. The van der Waals surface area contributed by atoms with E-state index >= 15 is 0 Å². The predicted octanol–water partition coefficient (Wildman–Crippen LogP) is 4.49. The maximum atomic E-state index is 12.8. The van der Waals surface area contributed by atoms with Crippen molar-refractivity contribution in [3.8, 4) is 5.75 Å². The minimum atomic E-state index is -4.23. The van der Waals surface area contributed by atoms with Crippen molar-refractivity contribution in [2.45, 2.75) is 25.7 Å². The SMILES string of the molecule is Cc1ccc(C2CN(CC(F)(F)F)Cc3ccccc3O2)cc1. The monoisotopic (exact) mass is 321 g/mol. The number of rotatable bonds is 2. The van der Waals surface area contributed by atoms with Crippen molar-refractivity contribution in [1.82, 2.24) is 4.90 Å². The van der Waals surface area contributed by atoms with Crippen molar-refractivity contribution >= 4 is 0 Å². The fourth-order valence-electron chi connectivity index (χ4n) is 2.81. The van der Waals surface area contributed by atoms with E-state index < -0.39 is 18.8 Å². The third-order valence-corrected chi connectivity index (χ3v) is 3.91. The van der Waals surface area contributed by atoms with Crippen LogP contribution < -0.4 is 4.74 Å². The second kappa shape index (κ2) is 6.24. The lowest BCUT2D eigenvalue weighted by molar-refractivity contribution is -0.148. The normalized spacial score (nSPS) is 18.9. The number of ether oxygens (including phenoxy) is 1. The Morgan fingerprint density at radius 3 is 2.48 bits per heavy atom. The summed E-state index contributed by atoms with van der Waals surface area (Å²) in [5.41, 5.74) is 2.78. The third-order valence-electron chi connectivity index (χ3n) is 3.91. The summed E-state index contributed by atoms with van der Waals surface area (Å²) in [5.74, 6) is 0.655. The van der Waals surface area contributed by atoms with Crippen LogP contribution in [0.1, 0.15) is 22.8 Å². The lowest BCUT2D eigenvalue weighted by Gasteiger charge is -2.25. The van der Waals surface area contributed by atoms with Gasteiger partial charge < -0.3 is 4.74 Å². The van der Waals surface area contributed by atoms with Crippen LogP contribution in [0.5, 0.6) is 5.75 Å². The number of alkyl halides is 3. The minimum Gasteiger partial charge on any atom is -0.484 e. The van der Waals surface area contributed by atoms with Gasteiger partial charge in [-0.1, -0.05) is 48.0 Å². The van der Waals surface area contributed by atoms with Gasteiger partial charge in [0.05, 0.1) is 6.54 Å².